The molecule has 2 amide bonds. The molecule has 0 spiro atoms. The van der Waals surface area contributed by atoms with Crippen LogP contribution in [0.3, 0.4) is 0 Å². The molecule has 2 aromatic rings. The standard InChI is InChI=1S/C21H28N4O2/c1-13-9-8-10-14(2)18(13)25-15(3)11-17(16(25)4)12-22-24-20(27)19(26)23-21(5,6)7/h8-12H,1-7H3,(H,23,26)(H,24,27). The summed E-state index contributed by atoms with van der Waals surface area (Å²) in [6, 6.07) is 8.22. The molecule has 0 radical (unpaired) electrons. The van der Waals surface area contributed by atoms with Crippen molar-refractivity contribution in [3.05, 3.63) is 52.3 Å². The molecule has 0 aliphatic rings. The van der Waals surface area contributed by atoms with Gasteiger partial charge in [0.15, 0.2) is 0 Å². The van der Waals surface area contributed by atoms with Crippen LogP contribution in [0, 0.1) is 27.7 Å². The largest absolute Gasteiger partial charge is 0.343 e. The fourth-order valence-electron chi connectivity index (χ4n) is 3.03. The Morgan fingerprint density at radius 2 is 1.63 bits per heavy atom. The van der Waals surface area contributed by atoms with Crippen molar-refractivity contribution in [2.75, 3.05) is 0 Å². The first-order valence-corrected chi connectivity index (χ1v) is 8.92. The van der Waals surface area contributed by atoms with Gasteiger partial charge in [0.25, 0.3) is 0 Å². The summed E-state index contributed by atoms with van der Waals surface area (Å²) in [5.74, 6) is -1.50. The minimum absolute atomic E-state index is 0.478. The average Bonchev–Trinajstić information content (AvgIpc) is 2.81. The molecule has 0 unspecified atom stereocenters. The number of benzene rings is 1. The van der Waals surface area contributed by atoms with Gasteiger partial charge in [-0.25, -0.2) is 5.43 Å². The van der Waals surface area contributed by atoms with E-state index in [1.165, 1.54) is 11.1 Å². The summed E-state index contributed by atoms with van der Waals surface area (Å²) >= 11 is 0. The molecule has 0 atom stereocenters. The maximum Gasteiger partial charge on any atom is 0.329 e. The second-order valence-electron chi connectivity index (χ2n) is 7.81. The first kappa shape index (κ1) is 20.4. The number of rotatable bonds is 3. The van der Waals surface area contributed by atoms with Crippen molar-refractivity contribution in [1.82, 2.24) is 15.3 Å². The molecular formula is C21H28N4O2. The van der Waals surface area contributed by atoms with E-state index in [0.29, 0.717) is 0 Å². The summed E-state index contributed by atoms with van der Waals surface area (Å²) < 4.78 is 2.18. The third kappa shape index (κ3) is 4.84. The summed E-state index contributed by atoms with van der Waals surface area (Å²) in [5.41, 5.74) is 8.30. The van der Waals surface area contributed by atoms with E-state index in [0.717, 1.165) is 22.6 Å². The summed E-state index contributed by atoms with van der Waals surface area (Å²) in [4.78, 5) is 23.6. The van der Waals surface area contributed by atoms with Crippen molar-refractivity contribution in [1.29, 1.82) is 0 Å². The third-order valence-electron chi connectivity index (χ3n) is 4.20. The molecule has 1 heterocycles. The SMILES string of the molecule is Cc1cccc(C)c1-n1c(C)cc(C=NNC(=O)C(=O)NC(C)(C)C)c1C. The smallest absolute Gasteiger partial charge is 0.329 e. The van der Waals surface area contributed by atoms with Crippen molar-refractivity contribution in [3.8, 4) is 5.69 Å². The van der Waals surface area contributed by atoms with Crippen molar-refractivity contribution in [2.24, 2.45) is 5.10 Å². The lowest BCUT2D eigenvalue weighted by molar-refractivity contribution is -0.140. The number of aromatic nitrogens is 1. The Bertz CT molecular complexity index is 881. The molecule has 0 bridgehead atoms. The van der Waals surface area contributed by atoms with E-state index in [4.69, 9.17) is 0 Å². The molecule has 6 nitrogen and oxygen atoms in total. The van der Waals surface area contributed by atoms with Crippen LogP contribution in [-0.4, -0.2) is 28.1 Å². The molecular weight excluding hydrogens is 340 g/mol. The second kappa shape index (κ2) is 7.78. The Balaban J connectivity index is 2.21. The number of carbonyl (C=O) groups is 2. The molecule has 27 heavy (non-hydrogen) atoms. The molecule has 0 aliphatic carbocycles. The molecule has 0 saturated heterocycles. The van der Waals surface area contributed by atoms with Crippen LogP contribution >= 0.6 is 0 Å². The van der Waals surface area contributed by atoms with Crippen LogP contribution in [0.5, 0.6) is 0 Å². The van der Waals surface area contributed by atoms with Crippen LogP contribution in [0.2, 0.25) is 0 Å². The monoisotopic (exact) mass is 368 g/mol. The Labute approximate surface area is 160 Å². The average molecular weight is 368 g/mol. The first-order valence-electron chi connectivity index (χ1n) is 8.92. The molecule has 6 heteroatoms. The van der Waals surface area contributed by atoms with Gasteiger partial charge in [-0.15, -0.1) is 0 Å². The van der Waals surface area contributed by atoms with Gasteiger partial charge in [-0.2, -0.15) is 5.10 Å². The number of hydrogen-bond donors (Lipinski definition) is 2. The zero-order valence-electron chi connectivity index (χ0n) is 17.1. The van der Waals surface area contributed by atoms with Gasteiger partial charge in [-0.3, -0.25) is 9.59 Å². The number of carbonyl (C=O) groups excluding carboxylic acids is 2. The Kier molecular flexibility index (Phi) is 5.88. The maximum atomic E-state index is 11.8. The van der Waals surface area contributed by atoms with Gasteiger partial charge in [0.2, 0.25) is 0 Å². The highest BCUT2D eigenvalue weighted by molar-refractivity contribution is 6.35. The Morgan fingerprint density at radius 3 is 2.19 bits per heavy atom. The van der Waals surface area contributed by atoms with Gasteiger partial charge in [0.05, 0.1) is 11.9 Å². The van der Waals surface area contributed by atoms with E-state index in [2.05, 4.69) is 46.4 Å². The number of amides is 2. The minimum atomic E-state index is -0.787. The maximum absolute atomic E-state index is 11.8. The van der Waals surface area contributed by atoms with Gasteiger partial charge in [0, 0.05) is 22.5 Å². The second-order valence-corrected chi connectivity index (χ2v) is 7.81. The van der Waals surface area contributed by atoms with Crippen LogP contribution in [0.4, 0.5) is 0 Å². The van der Waals surface area contributed by atoms with Gasteiger partial charge in [0.1, 0.15) is 0 Å². The van der Waals surface area contributed by atoms with Crippen LogP contribution in [0.25, 0.3) is 5.69 Å². The Hall–Kier alpha value is -2.89. The number of hydrogen-bond acceptors (Lipinski definition) is 3. The van der Waals surface area contributed by atoms with Crippen LogP contribution in [-0.2, 0) is 9.59 Å². The van der Waals surface area contributed by atoms with E-state index in [1.807, 2.05) is 46.8 Å². The van der Waals surface area contributed by atoms with Gasteiger partial charge >= 0.3 is 11.8 Å². The highest BCUT2D eigenvalue weighted by Gasteiger charge is 2.19. The van der Waals surface area contributed by atoms with Crippen molar-refractivity contribution in [2.45, 2.75) is 54.0 Å². The van der Waals surface area contributed by atoms with Crippen LogP contribution in [0.1, 0.15) is 48.8 Å². The summed E-state index contributed by atoms with van der Waals surface area (Å²) in [6.07, 6.45) is 1.56. The predicted octanol–water partition coefficient (Wildman–Crippen LogP) is 3.08. The van der Waals surface area contributed by atoms with Gasteiger partial charge < -0.3 is 9.88 Å². The topological polar surface area (TPSA) is 75.5 Å². The van der Waals surface area contributed by atoms with E-state index >= 15 is 0 Å². The summed E-state index contributed by atoms with van der Waals surface area (Å²) in [5, 5.41) is 6.54. The molecule has 2 N–H and O–H groups in total. The molecule has 144 valence electrons. The lowest BCUT2D eigenvalue weighted by Crippen LogP contribution is -2.47. The first-order chi connectivity index (χ1) is 12.5. The molecule has 2 rings (SSSR count). The molecule has 1 aromatic heterocycles. The lowest BCUT2D eigenvalue weighted by atomic mass is 10.1. The zero-order valence-corrected chi connectivity index (χ0v) is 17.1. The number of nitrogens with one attached hydrogen (secondary N) is 2. The molecule has 1 aromatic carbocycles. The van der Waals surface area contributed by atoms with E-state index in [9.17, 15) is 9.59 Å². The summed E-state index contributed by atoms with van der Waals surface area (Å²) in [6.45, 7) is 13.6. The number of aryl methyl sites for hydroxylation is 3. The van der Waals surface area contributed by atoms with E-state index in [1.54, 1.807) is 6.21 Å². The van der Waals surface area contributed by atoms with Crippen LogP contribution in [0.15, 0.2) is 29.4 Å². The van der Waals surface area contributed by atoms with Crippen molar-refractivity contribution < 1.29 is 9.59 Å². The fourth-order valence-corrected chi connectivity index (χ4v) is 3.03. The van der Waals surface area contributed by atoms with Crippen molar-refractivity contribution >= 4 is 18.0 Å². The number of hydrazone groups is 1. The zero-order chi connectivity index (χ0) is 20.4. The Morgan fingerprint density at radius 1 is 1.04 bits per heavy atom. The normalized spacial score (nSPS) is 11.7. The van der Waals surface area contributed by atoms with Gasteiger partial charge in [-0.05, 0) is 65.7 Å². The molecule has 0 saturated carbocycles. The fraction of sp³-hybridized carbons (Fsp3) is 0.381. The lowest BCUT2D eigenvalue weighted by Gasteiger charge is -2.19. The van der Waals surface area contributed by atoms with Crippen LogP contribution < -0.4 is 10.7 Å². The van der Waals surface area contributed by atoms with E-state index in [-0.39, 0.29) is 0 Å². The summed E-state index contributed by atoms with van der Waals surface area (Å²) in [7, 11) is 0. The third-order valence-corrected chi connectivity index (χ3v) is 4.20. The highest BCUT2D eigenvalue weighted by Crippen LogP contribution is 2.25. The number of para-hydroxylation sites is 1. The highest BCUT2D eigenvalue weighted by atomic mass is 16.2. The van der Waals surface area contributed by atoms with Gasteiger partial charge in [-0.1, -0.05) is 18.2 Å². The quantitative estimate of drug-likeness (QED) is 0.496. The number of nitrogens with zero attached hydrogens (tertiary/aromatic N) is 2. The van der Waals surface area contributed by atoms with E-state index < -0.39 is 17.4 Å². The molecule has 0 aliphatic heterocycles. The minimum Gasteiger partial charge on any atom is -0.343 e. The molecule has 0 fully saturated rings. The predicted molar refractivity (Wildman–Crippen MR) is 108 cm³/mol. The van der Waals surface area contributed by atoms with Crippen molar-refractivity contribution in [3.63, 3.8) is 0 Å².